The van der Waals surface area contributed by atoms with Gasteiger partial charge in [-0.1, -0.05) is 23.7 Å². The van der Waals surface area contributed by atoms with Gasteiger partial charge in [0.1, 0.15) is 4.90 Å². The zero-order valence-electron chi connectivity index (χ0n) is 15.1. The van der Waals surface area contributed by atoms with Gasteiger partial charge in [-0.2, -0.15) is 0 Å². The van der Waals surface area contributed by atoms with E-state index in [4.69, 9.17) is 20.8 Å². The van der Waals surface area contributed by atoms with E-state index in [0.717, 1.165) is 0 Å². The van der Waals surface area contributed by atoms with E-state index in [2.05, 4.69) is 4.72 Å². The molecule has 3 rings (SSSR count). The summed E-state index contributed by atoms with van der Waals surface area (Å²) in [4.78, 5) is 23.6. The van der Waals surface area contributed by atoms with Gasteiger partial charge >= 0.3 is 11.7 Å². The van der Waals surface area contributed by atoms with Crippen LogP contribution in [0.2, 0.25) is 5.02 Å². The van der Waals surface area contributed by atoms with E-state index in [1.165, 1.54) is 28.8 Å². The molecule has 0 atom stereocenters. The summed E-state index contributed by atoms with van der Waals surface area (Å²) in [7, 11) is -4.18. The Morgan fingerprint density at radius 1 is 1.25 bits per heavy atom. The number of sulfonamides is 1. The predicted octanol–water partition coefficient (Wildman–Crippen LogP) is 3.25. The molecule has 1 N–H and O–H groups in total. The highest BCUT2D eigenvalue weighted by Gasteiger charge is 2.24. The van der Waals surface area contributed by atoms with Crippen molar-refractivity contribution in [3.05, 3.63) is 57.5 Å². The van der Waals surface area contributed by atoms with Crippen molar-refractivity contribution in [1.29, 1.82) is 0 Å². The molecule has 0 bridgehead atoms. The molecule has 0 radical (unpaired) electrons. The number of fused-ring (bicyclic) bond motifs is 1. The fourth-order valence-electron chi connectivity index (χ4n) is 2.73. The lowest BCUT2D eigenvalue weighted by Crippen LogP contribution is -2.17. The third-order valence-electron chi connectivity index (χ3n) is 3.99. The molecule has 0 fully saturated rings. The van der Waals surface area contributed by atoms with Gasteiger partial charge in [0.2, 0.25) is 0 Å². The molecule has 0 aliphatic carbocycles. The summed E-state index contributed by atoms with van der Waals surface area (Å²) in [5, 5.41) is -0.0865. The molecule has 1 aromatic heterocycles. The summed E-state index contributed by atoms with van der Waals surface area (Å²) in [5.74, 6) is -1.27. The van der Waals surface area contributed by atoms with Crippen LogP contribution in [0, 0.1) is 0 Å². The summed E-state index contributed by atoms with van der Waals surface area (Å²) in [5.41, 5.74) is 0.595. The number of oxazole rings is 1. The number of esters is 1. The van der Waals surface area contributed by atoms with Crippen LogP contribution in [-0.2, 0) is 21.3 Å². The van der Waals surface area contributed by atoms with Crippen LogP contribution in [0.1, 0.15) is 24.2 Å². The van der Waals surface area contributed by atoms with Gasteiger partial charge in [0.05, 0.1) is 28.4 Å². The highest BCUT2D eigenvalue weighted by molar-refractivity contribution is 7.92. The average molecular weight is 425 g/mol. The zero-order valence-corrected chi connectivity index (χ0v) is 16.6. The number of anilines is 1. The van der Waals surface area contributed by atoms with Gasteiger partial charge in [-0.05, 0) is 32.0 Å². The smallest absolute Gasteiger partial charge is 0.419 e. The van der Waals surface area contributed by atoms with E-state index in [0.29, 0.717) is 12.1 Å². The molecule has 0 spiro atoms. The first-order chi connectivity index (χ1) is 13.3. The van der Waals surface area contributed by atoms with Gasteiger partial charge in [-0.3, -0.25) is 9.29 Å². The number of rotatable bonds is 6. The predicted molar refractivity (Wildman–Crippen MR) is 104 cm³/mol. The minimum Gasteiger partial charge on any atom is -0.462 e. The maximum Gasteiger partial charge on any atom is 0.419 e. The highest BCUT2D eigenvalue weighted by Crippen LogP contribution is 2.29. The fourth-order valence-corrected chi connectivity index (χ4v) is 4.35. The Balaban J connectivity index is 2.06. The second kappa shape index (κ2) is 7.69. The Kier molecular flexibility index (Phi) is 5.48. The van der Waals surface area contributed by atoms with Crippen molar-refractivity contribution in [3.63, 3.8) is 0 Å². The van der Waals surface area contributed by atoms with Crippen molar-refractivity contribution in [2.45, 2.75) is 25.3 Å². The fraction of sp³-hybridized carbons (Fsp3) is 0.222. The summed E-state index contributed by atoms with van der Waals surface area (Å²) in [6.07, 6.45) is 0. The number of para-hydroxylation sites is 1. The van der Waals surface area contributed by atoms with Gasteiger partial charge in [0.15, 0.2) is 5.58 Å². The van der Waals surface area contributed by atoms with Crippen LogP contribution in [0.3, 0.4) is 0 Å². The summed E-state index contributed by atoms with van der Waals surface area (Å²) >= 11 is 6.18. The molecule has 2 aromatic carbocycles. The largest absolute Gasteiger partial charge is 0.462 e. The van der Waals surface area contributed by atoms with Crippen LogP contribution >= 0.6 is 11.6 Å². The lowest BCUT2D eigenvalue weighted by molar-refractivity contribution is 0.0527. The molecule has 0 unspecified atom stereocenters. The molecule has 148 valence electrons. The van der Waals surface area contributed by atoms with Crippen molar-refractivity contribution in [3.8, 4) is 0 Å². The number of carbonyl (C=O) groups excluding carboxylic acids is 1. The Bertz CT molecular complexity index is 1210. The molecule has 3 aromatic rings. The third-order valence-corrected chi connectivity index (χ3v) is 5.82. The van der Waals surface area contributed by atoms with Crippen molar-refractivity contribution in [1.82, 2.24) is 4.57 Å². The maximum atomic E-state index is 12.9. The van der Waals surface area contributed by atoms with Gasteiger partial charge in [-0.15, -0.1) is 0 Å². The lowest BCUT2D eigenvalue weighted by atomic mass is 10.2. The number of aromatic nitrogens is 1. The Morgan fingerprint density at radius 3 is 2.64 bits per heavy atom. The van der Waals surface area contributed by atoms with Crippen LogP contribution in [-0.4, -0.2) is 25.6 Å². The molecule has 28 heavy (non-hydrogen) atoms. The van der Waals surface area contributed by atoms with Crippen LogP contribution in [0.15, 0.2) is 50.5 Å². The molecule has 0 aliphatic heterocycles. The van der Waals surface area contributed by atoms with Gasteiger partial charge < -0.3 is 9.15 Å². The van der Waals surface area contributed by atoms with E-state index in [1.54, 1.807) is 26.0 Å². The first-order valence-electron chi connectivity index (χ1n) is 8.40. The summed E-state index contributed by atoms with van der Waals surface area (Å²) in [6, 6.07) is 8.58. The van der Waals surface area contributed by atoms with E-state index in [1.807, 2.05) is 0 Å². The zero-order chi connectivity index (χ0) is 20.5. The maximum absolute atomic E-state index is 12.9. The molecule has 0 saturated heterocycles. The van der Waals surface area contributed by atoms with Crippen LogP contribution < -0.4 is 10.5 Å². The topological polar surface area (TPSA) is 108 Å². The van der Waals surface area contributed by atoms with Crippen molar-refractivity contribution < 1.29 is 22.4 Å². The number of benzene rings is 2. The standard InChI is InChI=1S/C18H17ClN2O6S/c1-3-21-14-9-12(19)16(10-15(14)27-18(21)23)28(24,25)20-13-8-6-5-7-11(13)17(22)26-4-2/h5-10,20H,3-4H2,1-2H3. The molecule has 0 saturated carbocycles. The third kappa shape index (κ3) is 3.63. The van der Waals surface area contributed by atoms with Gasteiger partial charge in [-0.25, -0.2) is 18.0 Å². The van der Waals surface area contributed by atoms with Crippen molar-refractivity contribution in [2.24, 2.45) is 0 Å². The number of aryl methyl sites for hydroxylation is 1. The Morgan fingerprint density at radius 2 is 1.96 bits per heavy atom. The van der Waals surface area contributed by atoms with Crippen molar-refractivity contribution in [2.75, 3.05) is 11.3 Å². The van der Waals surface area contributed by atoms with Gasteiger partial charge in [0.25, 0.3) is 10.0 Å². The molecule has 10 heteroatoms. The number of hydrogen-bond acceptors (Lipinski definition) is 6. The number of nitrogens with zero attached hydrogens (tertiary/aromatic N) is 1. The number of nitrogens with one attached hydrogen (secondary N) is 1. The normalized spacial score (nSPS) is 11.5. The average Bonchev–Trinajstić information content (AvgIpc) is 2.95. The Hall–Kier alpha value is -2.78. The Labute approximate surface area is 165 Å². The van der Waals surface area contributed by atoms with Crippen LogP contribution in [0.25, 0.3) is 11.1 Å². The molecular formula is C18H17ClN2O6S. The second-order valence-corrected chi connectivity index (χ2v) is 7.79. The lowest BCUT2D eigenvalue weighted by Gasteiger charge is -2.13. The molecule has 8 nitrogen and oxygen atoms in total. The van der Waals surface area contributed by atoms with E-state index in [-0.39, 0.29) is 33.4 Å². The minimum absolute atomic E-state index is 0.0460. The number of hydrogen-bond donors (Lipinski definition) is 1. The molecule has 0 amide bonds. The van der Waals surface area contributed by atoms with E-state index < -0.39 is 21.7 Å². The van der Waals surface area contributed by atoms with Gasteiger partial charge in [0, 0.05) is 12.6 Å². The first kappa shape index (κ1) is 20.0. The first-order valence-corrected chi connectivity index (χ1v) is 10.3. The minimum atomic E-state index is -4.18. The second-order valence-electron chi connectivity index (χ2n) is 5.73. The van der Waals surface area contributed by atoms with Crippen molar-refractivity contribution >= 4 is 44.4 Å². The monoisotopic (exact) mass is 424 g/mol. The number of halogens is 1. The number of ether oxygens (including phenoxy) is 1. The highest BCUT2D eigenvalue weighted by atomic mass is 35.5. The summed E-state index contributed by atoms with van der Waals surface area (Å²) < 4.78 is 39.5. The van der Waals surface area contributed by atoms with E-state index >= 15 is 0 Å². The molecule has 1 heterocycles. The quantitative estimate of drug-likeness (QED) is 0.608. The number of carbonyl (C=O) groups is 1. The summed E-state index contributed by atoms with van der Waals surface area (Å²) in [6.45, 7) is 3.90. The molecule has 0 aliphatic rings. The van der Waals surface area contributed by atoms with Crippen LogP contribution in [0.5, 0.6) is 0 Å². The SMILES string of the molecule is CCOC(=O)c1ccccc1NS(=O)(=O)c1cc2oc(=O)n(CC)c2cc1Cl. The van der Waals surface area contributed by atoms with Crippen LogP contribution in [0.4, 0.5) is 5.69 Å². The molecular weight excluding hydrogens is 408 g/mol. The van der Waals surface area contributed by atoms with E-state index in [9.17, 15) is 18.0 Å².